The second-order valence-corrected chi connectivity index (χ2v) is 7.36. The first-order chi connectivity index (χ1) is 15.8. The topological polar surface area (TPSA) is 107 Å². The summed E-state index contributed by atoms with van der Waals surface area (Å²) in [7, 11) is 0. The van der Waals surface area contributed by atoms with Crippen molar-refractivity contribution in [1.29, 1.82) is 5.26 Å². The number of halogens is 3. The van der Waals surface area contributed by atoms with E-state index in [0.717, 1.165) is 6.07 Å². The van der Waals surface area contributed by atoms with E-state index >= 15 is 0 Å². The zero-order valence-corrected chi connectivity index (χ0v) is 17.2. The number of nitriles is 1. The number of rotatable bonds is 4. The summed E-state index contributed by atoms with van der Waals surface area (Å²) in [6.45, 7) is 0.682. The monoisotopic (exact) mass is 453 g/mol. The molecule has 1 saturated heterocycles. The van der Waals surface area contributed by atoms with Gasteiger partial charge in [0.15, 0.2) is 11.5 Å². The number of nitrogens with one attached hydrogen (secondary N) is 2. The lowest BCUT2D eigenvalue weighted by molar-refractivity contribution is -0.141. The number of aromatic nitrogens is 3. The van der Waals surface area contributed by atoms with Crippen LogP contribution in [0.4, 0.5) is 29.5 Å². The normalized spacial score (nSPS) is 15.7. The number of carbonyl (C=O) groups is 1. The summed E-state index contributed by atoms with van der Waals surface area (Å²) < 4.78 is 40.4. The van der Waals surface area contributed by atoms with Crippen molar-refractivity contribution in [3.8, 4) is 17.5 Å². The molecule has 11 heteroatoms. The van der Waals surface area contributed by atoms with Gasteiger partial charge in [0.1, 0.15) is 11.9 Å². The van der Waals surface area contributed by atoms with Crippen molar-refractivity contribution in [2.75, 3.05) is 23.3 Å². The highest BCUT2D eigenvalue weighted by Crippen LogP contribution is 2.32. The summed E-state index contributed by atoms with van der Waals surface area (Å²) >= 11 is 0. The number of carbonyl (C=O) groups excluding carboxylic acids is 1. The van der Waals surface area contributed by atoms with E-state index in [-0.39, 0.29) is 24.2 Å². The van der Waals surface area contributed by atoms with Gasteiger partial charge in [-0.1, -0.05) is 12.1 Å². The molecule has 0 bridgehead atoms. The van der Waals surface area contributed by atoms with E-state index < -0.39 is 17.9 Å². The Balaban J connectivity index is 1.49. The second-order valence-electron chi connectivity index (χ2n) is 7.36. The van der Waals surface area contributed by atoms with Gasteiger partial charge in [-0.3, -0.25) is 4.98 Å². The highest BCUT2D eigenvalue weighted by atomic mass is 19.4. The number of para-hydroxylation sites is 1. The van der Waals surface area contributed by atoms with Crippen LogP contribution in [0.2, 0.25) is 0 Å². The molecule has 0 saturated carbocycles. The summed E-state index contributed by atoms with van der Waals surface area (Å²) in [5.74, 6) is 0.0770. The molecule has 0 radical (unpaired) electrons. The largest absolute Gasteiger partial charge is 0.433 e. The van der Waals surface area contributed by atoms with Gasteiger partial charge < -0.3 is 15.5 Å². The Morgan fingerprint density at radius 2 is 1.91 bits per heavy atom. The molecule has 2 N–H and O–H groups in total. The van der Waals surface area contributed by atoms with E-state index in [1.807, 2.05) is 6.07 Å². The molecule has 168 valence electrons. The molecule has 0 aliphatic carbocycles. The molecule has 3 heterocycles. The molecule has 1 aliphatic heterocycles. The van der Waals surface area contributed by atoms with Gasteiger partial charge in [0.25, 0.3) is 0 Å². The van der Waals surface area contributed by atoms with E-state index in [1.165, 1.54) is 24.5 Å². The van der Waals surface area contributed by atoms with Crippen LogP contribution >= 0.6 is 0 Å². The van der Waals surface area contributed by atoms with Crippen LogP contribution in [0.15, 0.2) is 54.9 Å². The van der Waals surface area contributed by atoms with Gasteiger partial charge in [-0.05, 0) is 30.7 Å². The number of benzene rings is 1. The third-order valence-corrected chi connectivity index (χ3v) is 5.08. The van der Waals surface area contributed by atoms with E-state index in [4.69, 9.17) is 5.26 Å². The van der Waals surface area contributed by atoms with Crippen LogP contribution in [0.1, 0.15) is 17.7 Å². The van der Waals surface area contributed by atoms with Crippen molar-refractivity contribution < 1.29 is 18.0 Å². The predicted molar refractivity (Wildman–Crippen MR) is 114 cm³/mol. The summed E-state index contributed by atoms with van der Waals surface area (Å²) in [5, 5.41) is 14.6. The molecule has 1 aromatic carbocycles. The number of alkyl halides is 3. The molecule has 1 atom stereocenters. The standard InChI is InChI=1S/C22H18F3N7O/c23-22(24,25)18-11-19(31-20(30-18)14-5-8-27-9-6-14)32-10-7-16(13-32)28-21(33)29-17-4-2-1-3-15(17)12-26/h1-6,8-9,11,16H,7,10,13H2,(H2,28,29,33). The van der Waals surface area contributed by atoms with Crippen molar-refractivity contribution in [2.24, 2.45) is 0 Å². The molecule has 4 rings (SSSR count). The first-order valence-electron chi connectivity index (χ1n) is 10.0. The average molecular weight is 453 g/mol. The van der Waals surface area contributed by atoms with Crippen LogP contribution in [0.25, 0.3) is 11.4 Å². The fraction of sp³-hybridized carbons (Fsp3) is 0.227. The Morgan fingerprint density at radius 1 is 1.15 bits per heavy atom. The van der Waals surface area contributed by atoms with E-state index in [9.17, 15) is 18.0 Å². The number of pyridine rings is 1. The fourth-order valence-corrected chi connectivity index (χ4v) is 3.49. The zero-order valence-electron chi connectivity index (χ0n) is 17.2. The number of anilines is 2. The number of hydrogen-bond acceptors (Lipinski definition) is 6. The van der Waals surface area contributed by atoms with Crippen LogP contribution in [-0.4, -0.2) is 40.1 Å². The van der Waals surface area contributed by atoms with Crippen molar-refractivity contribution in [3.05, 3.63) is 66.1 Å². The van der Waals surface area contributed by atoms with E-state index in [1.54, 1.807) is 29.2 Å². The highest BCUT2D eigenvalue weighted by molar-refractivity contribution is 5.91. The lowest BCUT2D eigenvalue weighted by atomic mass is 10.2. The Hall–Kier alpha value is -4.20. The molecule has 3 aromatic rings. The lowest BCUT2D eigenvalue weighted by Gasteiger charge is -2.20. The molecule has 1 unspecified atom stereocenters. The van der Waals surface area contributed by atoms with Gasteiger partial charge in [0, 0.05) is 43.2 Å². The molecule has 2 amide bonds. The zero-order chi connectivity index (χ0) is 23.4. The van der Waals surface area contributed by atoms with Gasteiger partial charge in [0.2, 0.25) is 0 Å². The minimum Gasteiger partial charge on any atom is -0.354 e. The number of nitrogens with zero attached hydrogens (tertiary/aromatic N) is 5. The fourth-order valence-electron chi connectivity index (χ4n) is 3.49. The molecule has 33 heavy (non-hydrogen) atoms. The summed E-state index contributed by atoms with van der Waals surface area (Å²) in [4.78, 5) is 25.9. The van der Waals surface area contributed by atoms with E-state index in [2.05, 4.69) is 25.6 Å². The molecular weight excluding hydrogens is 435 g/mol. The van der Waals surface area contributed by atoms with Gasteiger partial charge >= 0.3 is 12.2 Å². The van der Waals surface area contributed by atoms with Crippen molar-refractivity contribution >= 4 is 17.5 Å². The SMILES string of the molecule is N#Cc1ccccc1NC(=O)NC1CCN(c2cc(C(F)(F)F)nc(-c3ccncc3)n2)C1. The maximum absolute atomic E-state index is 13.5. The average Bonchev–Trinajstić information content (AvgIpc) is 3.27. The van der Waals surface area contributed by atoms with E-state index in [0.29, 0.717) is 29.8 Å². The minimum atomic E-state index is -4.63. The molecule has 2 aromatic heterocycles. The maximum atomic E-state index is 13.5. The van der Waals surface area contributed by atoms with Crippen LogP contribution in [0, 0.1) is 11.3 Å². The third-order valence-electron chi connectivity index (χ3n) is 5.08. The Morgan fingerprint density at radius 3 is 2.64 bits per heavy atom. The van der Waals surface area contributed by atoms with Gasteiger partial charge in [-0.25, -0.2) is 14.8 Å². The maximum Gasteiger partial charge on any atom is 0.433 e. The molecule has 0 spiro atoms. The van der Waals surface area contributed by atoms with Gasteiger partial charge in [-0.2, -0.15) is 18.4 Å². The van der Waals surface area contributed by atoms with Crippen molar-refractivity contribution in [2.45, 2.75) is 18.6 Å². The summed E-state index contributed by atoms with van der Waals surface area (Å²) in [6, 6.07) is 11.8. The highest BCUT2D eigenvalue weighted by Gasteiger charge is 2.35. The van der Waals surface area contributed by atoms with Crippen LogP contribution in [-0.2, 0) is 6.18 Å². The van der Waals surface area contributed by atoms with Crippen LogP contribution < -0.4 is 15.5 Å². The first kappa shape index (κ1) is 22.0. The molecular formula is C22H18F3N7O. The molecule has 1 aliphatic rings. The Labute approximate surface area is 187 Å². The number of urea groups is 1. The van der Waals surface area contributed by atoms with Gasteiger partial charge in [0.05, 0.1) is 11.3 Å². The summed E-state index contributed by atoms with van der Waals surface area (Å²) in [5.41, 5.74) is 0.0771. The summed E-state index contributed by atoms with van der Waals surface area (Å²) in [6.07, 6.45) is -1.21. The van der Waals surface area contributed by atoms with Crippen molar-refractivity contribution in [3.63, 3.8) is 0 Å². The van der Waals surface area contributed by atoms with Crippen LogP contribution in [0.5, 0.6) is 0 Å². The minimum absolute atomic E-state index is 0.0514. The third kappa shape index (κ3) is 5.17. The quantitative estimate of drug-likeness (QED) is 0.622. The first-order valence-corrected chi connectivity index (χ1v) is 10.0. The predicted octanol–water partition coefficient (Wildman–Crippen LogP) is 3.83. The lowest BCUT2D eigenvalue weighted by Crippen LogP contribution is -2.40. The number of amides is 2. The van der Waals surface area contributed by atoms with Gasteiger partial charge in [-0.15, -0.1) is 0 Å². The smallest absolute Gasteiger partial charge is 0.354 e. The van der Waals surface area contributed by atoms with Crippen LogP contribution in [0.3, 0.4) is 0 Å². The molecule has 1 fully saturated rings. The van der Waals surface area contributed by atoms with Crippen molar-refractivity contribution in [1.82, 2.24) is 20.3 Å². The molecule has 8 nitrogen and oxygen atoms in total. The Kier molecular flexibility index (Phi) is 6.08. The number of hydrogen-bond donors (Lipinski definition) is 2. The second kappa shape index (κ2) is 9.12. The Bertz CT molecular complexity index is 1190.